The van der Waals surface area contributed by atoms with E-state index in [0.717, 1.165) is 24.3 Å². The van der Waals surface area contributed by atoms with Crippen molar-refractivity contribution in [2.45, 2.75) is 59.5 Å². The van der Waals surface area contributed by atoms with E-state index in [0.29, 0.717) is 12.0 Å². The first-order valence-electron chi connectivity index (χ1n) is 7.90. The first kappa shape index (κ1) is 15.1. The van der Waals surface area contributed by atoms with Gasteiger partial charge in [0, 0.05) is 21.5 Å². The summed E-state index contributed by atoms with van der Waals surface area (Å²) >= 11 is 3.72. The monoisotopic (exact) mass is 349 g/mol. The van der Waals surface area contributed by atoms with Gasteiger partial charge in [-0.1, -0.05) is 29.8 Å². The molecule has 3 heteroatoms. The van der Waals surface area contributed by atoms with Crippen molar-refractivity contribution in [1.29, 1.82) is 0 Å². The van der Waals surface area contributed by atoms with Gasteiger partial charge in [-0.3, -0.25) is 0 Å². The minimum absolute atomic E-state index is 0.630. The van der Waals surface area contributed by atoms with Gasteiger partial charge in [0.15, 0.2) is 0 Å². The van der Waals surface area contributed by atoms with Crippen LogP contribution in [0.4, 0.5) is 0 Å². The highest BCUT2D eigenvalue weighted by molar-refractivity contribution is 9.10. The zero-order valence-corrected chi connectivity index (χ0v) is 14.9. The molecule has 21 heavy (non-hydrogen) atoms. The summed E-state index contributed by atoms with van der Waals surface area (Å²) in [5.41, 5.74) is 4.98. The van der Waals surface area contributed by atoms with Gasteiger partial charge in [0.05, 0.1) is 6.54 Å². The fourth-order valence-corrected chi connectivity index (χ4v) is 3.32. The quantitative estimate of drug-likeness (QED) is 0.795. The lowest BCUT2D eigenvalue weighted by Crippen LogP contribution is -2.16. The summed E-state index contributed by atoms with van der Waals surface area (Å²) in [5, 5.41) is 4.90. The van der Waals surface area contributed by atoms with Crippen molar-refractivity contribution in [3.05, 3.63) is 33.0 Å². The zero-order valence-electron chi connectivity index (χ0n) is 13.3. The highest BCUT2D eigenvalue weighted by atomic mass is 79.9. The van der Waals surface area contributed by atoms with Crippen LogP contribution in [0.1, 0.15) is 49.1 Å². The third-order valence-electron chi connectivity index (χ3n) is 4.26. The van der Waals surface area contributed by atoms with Gasteiger partial charge in [-0.05, 0) is 56.2 Å². The molecule has 1 heterocycles. The molecular formula is C18H24BrNO. The summed E-state index contributed by atoms with van der Waals surface area (Å²) in [4.78, 5) is 0. The van der Waals surface area contributed by atoms with Crippen molar-refractivity contribution in [1.82, 2.24) is 5.32 Å². The van der Waals surface area contributed by atoms with Crippen LogP contribution in [-0.4, -0.2) is 6.04 Å². The van der Waals surface area contributed by atoms with E-state index in [1.807, 2.05) is 0 Å². The molecular weight excluding hydrogens is 326 g/mol. The van der Waals surface area contributed by atoms with Gasteiger partial charge in [-0.25, -0.2) is 0 Å². The Morgan fingerprint density at radius 3 is 2.67 bits per heavy atom. The minimum atomic E-state index is 0.630. The zero-order chi connectivity index (χ0) is 15.1. The average Bonchev–Trinajstić information content (AvgIpc) is 3.18. The van der Waals surface area contributed by atoms with Crippen molar-refractivity contribution in [3.8, 4) is 0 Å². The third-order valence-corrected chi connectivity index (χ3v) is 5.48. The second-order valence-electron chi connectivity index (χ2n) is 6.76. The van der Waals surface area contributed by atoms with Gasteiger partial charge in [0.1, 0.15) is 11.3 Å². The molecule has 0 spiro atoms. The standard InChI is InChI=1S/C18H24BrNO/c1-10(2)7-14-16(9-20-13-5-6-13)21-15-8-11(3)18(19)12(4)17(14)15/h8,10,13,20H,5-7,9H2,1-4H3. The molecule has 0 unspecified atom stereocenters. The number of benzene rings is 1. The van der Waals surface area contributed by atoms with E-state index in [1.165, 1.54) is 39.4 Å². The van der Waals surface area contributed by atoms with Crippen molar-refractivity contribution in [3.63, 3.8) is 0 Å². The SMILES string of the molecule is Cc1cc2oc(CNC3CC3)c(CC(C)C)c2c(C)c1Br. The first-order valence-corrected chi connectivity index (χ1v) is 8.70. The van der Waals surface area contributed by atoms with E-state index in [4.69, 9.17) is 4.42 Å². The predicted molar refractivity (Wildman–Crippen MR) is 91.8 cm³/mol. The maximum atomic E-state index is 6.21. The number of halogens is 1. The van der Waals surface area contributed by atoms with E-state index in [1.54, 1.807) is 0 Å². The largest absolute Gasteiger partial charge is 0.459 e. The van der Waals surface area contributed by atoms with Crippen LogP contribution in [0.2, 0.25) is 0 Å². The molecule has 0 radical (unpaired) electrons. The number of rotatable bonds is 5. The van der Waals surface area contributed by atoms with Gasteiger partial charge < -0.3 is 9.73 Å². The Labute approximate surface area is 135 Å². The molecule has 2 aromatic rings. The van der Waals surface area contributed by atoms with Crippen LogP contribution in [0.3, 0.4) is 0 Å². The van der Waals surface area contributed by atoms with Crippen molar-refractivity contribution >= 4 is 26.9 Å². The van der Waals surface area contributed by atoms with Gasteiger partial charge in [-0.2, -0.15) is 0 Å². The lowest BCUT2D eigenvalue weighted by Gasteiger charge is -2.09. The average molecular weight is 350 g/mol. The minimum Gasteiger partial charge on any atom is -0.459 e. The summed E-state index contributed by atoms with van der Waals surface area (Å²) < 4.78 is 7.42. The third kappa shape index (κ3) is 3.04. The summed E-state index contributed by atoms with van der Waals surface area (Å²) in [7, 11) is 0. The lowest BCUT2D eigenvalue weighted by molar-refractivity contribution is 0.499. The van der Waals surface area contributed by atoms with Crippen LogP contribution >= 0.6 is 15.9 Å². The van der Waals surface area contributed by atoms with Gasteiger partial charge in [0.2, 0.25) is 0 Å². The van der Waals surface area contributed by atoms with Crippen LogP contribution in [-0.2, 0) is 13.0 Å². The Balaban J connectivity index is 2.09. The predicted octanol–water partition coefficient (Wildman–Crippen LogP) is 5.26. The molecule has 1 aromatic carbocycles. The summed E-state index contributed by atoms with van der Waals surface area (Å²) in [5.74, 6) is 1.76. The van der Waals surface area contributed by atoms with Crippen LogP contribution in [0, 0.1) is 19.8 Å². The molecule has 1 aliphatic rings. The van der Waals surface area contributed by atoms with Gasteiger partial charge in [0.25, 0.3) is 0 Å². The van der Waals surface area contributed by atoms with Crippen molar-refractivity contribution < 1.29 is 4.42 Å². The lowest BCUT2D eigenvalue weighted by atomic mass is 9.96. The molecule has 1 saturated carbocycles. The summed E-state index contributed by atoms with van der Waals surface area (Å²) in [6, 6.07) is 2.87. The van der Waals surface area contributed by atoms with E-state index >= 15 is 0 Å². The van der Waals surface area contributed by atoms with E-state index in [2.05, 4.69) is 55.0 Å². The van der Waals surface area contributed by atoms with Crippen LogP contribution in [0.15, 0.2) is 15.0 Å². The van der Waals surface area contributed by atoms with E-state index in [-0.39, 0.29) is 0 Å². The Morgan fingerprint density at radius 1 is 1.33 bits per heavy atom. The normalized spacial score (nSPS) is 15.3. The molecule has 1 N–H and O–H groups in total. The number of hydrogen-bond donors (Lipinski definition) is 1. The summed E-state index contributed by atoms with van der Waals surface area (Å²) in [6.45, 7) is 9.72. The Hall–Kier alpha value is -0.800. The smallest absolute Gasteiger partial charge is 0.135 e. The molecule has 2 nitrogen and oxygen atoms in total. The number of nitrogens with one attached hydrogen (secondary N) is 1. The van der Waals surface area contributed by atoms with Gasteiger partial charge in [-0.15, -0.1) is 0 Å². The fraction of sp³-hybridized carbons (Fsp3) is 0.556. The van der Waals surface area contributed by atoms with Gasteiger partial charge >= 0.3 is 0 Å². The van der Waals surface area contributed by atoms with E-state index in [9.17, 15) is 0 Å². The Kier molecular flexibility index (Phi) is 4.15. The molecule has 0 bridgehead atoms. The van der Waals surface area contributed by atoms with Crippen molar-refractivity contribution in [2.24, 2.45) is 5.92 Å². The second kappa shape index (κ2) is 5.77. The topological polar surface area (TPSA) is 25.2 Å². The van der Waals surface area contributed by atoms with Crippen molar-refractivity contribution in [2.75, 3.05) is 0 Å². The first-order chi connectivity index (χ1) is 9.97. The number of furan rings is 1. The molecule has 3 rings (SSSR count). The molecule has 0 atom stereocenters. The number of hydrogen-bond acceptors (Lipinski definition) is 2. The maximum absolute atomic E-state index is 6.21. The summed E-state index contributed by atoms with van der Waals surface area (Å²) in [6.07, 6.45) is 3.69. The molecule has 1 aliphatic carbocycles. The highest BCUT2D eigenvalue weighted by Gasteiger charge is 2.23. The molecule has 0 amide bonds. The second-order valence-corrected chi connectivity index (χ2v) is 7.56. The highest BCUT2D eigenvalue weighted by Crippen LogP contribution is 2.36. The van der Waals surface area contributed by atoms with Crippen LogP contribution in [0.25, 0.3) is 11.0 Å². The molecule has 1 fully saturated rings. The number of fused-ring (bicyclic) bond motifs is 1. The van der Waals surface area contributed by atoms with E-state index < -0.39 is 0 Å². The fourth-order valence-electron chi connectivity index (χ4n) is 3.00. The maximum Gasteiger partial charge on any atom is 0.135 e. The van der Waals surface area contributed by atoms with Crippen LogP contribution in [0.5, 0.6) is 0 Å². The molecule has 0 saturated heterocycles. The molecule has 1 aromatic heterocycles. The number of aryl methyl sites for hydroxylation is 2. The Morgan fingerprint density at radius 2 is 2.05 bits per heavy atom. The van der Waals surface area contributed by atoms with Crippen LogP contribution < -0.4 is 5.32 Å². The Bertz CT molecular complexity index is 668. The molecule has 0 aliphatic heterocycles. The molecule has 114 valence electrons.